The van der Waals surface area contributed by atoms with Crippen molar-refractivity contribution < 1.29 is 4.42 Å². The summed E-state index contributed by atoms with van der Waals surface area (Å²) in [5.74, 6) is 0.520. The molecule has 0 spiro atoms. The summed E-state index contributed by atoms with van der Waals surface area (Å²) in [6.45, 7) is 6.57. The van der Waals surface area contributed by atoms with Crippen LogP contribution in [0, 0.1) is 11.3 Å². The van der Waals surface area contributed by atoms with Crippen molar-refractivity contribution in [3.63, 3.8) is 0 Å². The Morgan fingerprint density at radius 3 is 2.21 bits per heavy atom. The molecule has 0 amide bonds. The summed E-state index contributed by atoms with van der Waals surface area (Å²) in [6, 6.07) is 41.2. The zero-order chi connectivity index (χ0) is 29.6. The van der Waals surface area contributed by atoms with Crippen LogP contribution in [0.3, 0.4) is 0 Å². The molecule has 0 atom stereocenters. The molecule has 4 nitrogen and oxygen atoms in total. The highest BCUT2D eigenvalue weighted by molar-refractivity contribution is 6.14. The molecule has 0 aliphatic heterocycles. The molecule has 0 radical (unpaired) electrons. The van der Waals surface area contributed by atoms with Crippen LogP contribution in [0.5, 0.6) is 0 Å². The number of hydrogen-bond donors (Lipinski definition) is 0. The van der Waals surface area contributed by atoms with Crippen LogP contribution in [0.15, 0.2) is 125 Å². The lowest BCUT2D eigenvalue weighted by Crippen LogP contribution is -2.11. The van der Waals surface area contributed by atoms with E-state index in [1.165, 1.54) is 16.2 Å². The van der Waals surface area contributed by atoms with Crippen LogP contribution in [-0.2, 0) is 5.41 Å². The fourth-order valence-electron chi connectivity index (χ4n) is 5.62. The minimum Gasteiger partial charge on any atom is -0.436 e. The fourth-order valence-corrected chi connectivity index (χ4v) is 5.62. The molecule has 0 unspecified atom stereocenters. The van der Waals surface area contributed by atoms with Gasteiger partial charge >= 0.3 is 0 Å². The first-order valence-corrected chi connectivity index (χ1v) is 14.4. The Kier molecular flexibility index (Phi) is 6.37. The maximum absolute atomic E-state index is 9.30. The van der Waals surface area contributed by atoms with Crippen LogP contribution in [0.4, 0.5) is 5.69 Å². The van der Waals surface area contributed by atoms with Gasteiger partial charge in [-0.15, -0.1) is 0 Å². The molecule has 7 aromatic rings. The summed E-state index contributed by atoms with van der Waals surface area (Å²) < 4.78 is 6.48. The van der Waals surface area contributed by atoms with Crippen molar-refractivity contribution in [2.75, 3.05) is 0 Å². The summed E-state index contributed by atoms with van der Waals surface area (Å²) in [6.07, 6.45) is 1.94. The van der Waals surface area contributed by atoms with E-state index in [9.17, 15) is 5.26 Å². The highest BCUT2D eigenvalue weighted by atomic mass is 16.3. The number of fused-ring (bicyclic) bond motifs is 4. The van der Waals surface area contributed by atoms with E-state index in [0.717, 1.165) is 50.0 Å². The third kappa shape index (κ3) is 4.86. The van der Waals surface area contributed by atoms with E-state index in [2.05, 4.69) is 93.6 Å². The number of nitriles is 1. The largest absolute Gasteiger partial charge is 0.436 e. The second-order valence-electron chi connectivity index (χ2n) is 11.8. The van der Waals surface area contributed by atoms with Gasteiger partial charge in [0, 0.05) is 17.3 Å². The lowest BCUT2D eigenvalue weighted by Gasteiger charge is -2.20. The monoisotopic (exact) mass is 555 g/mol. The number of hydrogen-bond acceptors (Lipinski definition) is 4. The molecule has 0 N–H and O–H groups in total. The molecular weight excluding hydrogens is 526 g/mol. The first kappa shape index (κ1) is 26.4. The molecule has 0 saturated heterocycles. The molecule has 7 rings (SSSR count). The minimum atomic E-state index is -0.0900. The second kappa shape index (κ2) is 10.4. The quantitative estimate of drug-likeness (QED) is 0.160. The Morgan fingerprint density at radius 2 is 1.44 bits per heavy atom. The summed E-state index contributed by atoms with van der Waals surface area (Å²) in [5, 5.41) is 14.1. The van der Waals surface area contributed by atoms with Gasteiger partial charge in [0.1, 0.15) is 5.52 Å². The van der Waals surface area contributed by atoms with Crippen LogP contribution in [0.25, 0.3) is 55.2 Å². The van der Waals surface area contributed by atoms with Gasteiger partial charge in [-0.05, 0) is 80.6 Å². The first-order chi connectivity index (χ1) is 20.9. The van der Waals surface area contributed by atoms with Gasteiger partial charge in [0.25, 0.3) is 0 Å². The van der Waals surface area contributed by atoms with Crippen molar-refractivity contribution >= 4 is 44.5 Å². The van der Waals surface area contributed by atoms with Gasteiger partial charge in [-0.1, -0.05) is 93.6 Å². The highest BCUT2D eigenvalue weighted by Crippen LogP contribution is 2.39. The Morgan fingerprint density at radius 1 is 0.744 bits per heavy atom. The minimum absolute atomic E-state index is 0.0900. The summed E-state index contributed by atoms with van der Waals surface area (Å²) in [7, 11) is 0. The molecule has 1 heterocycles. The molecule has 206 valence electrons. The third-order valence-corrected chi connectivity index (χ3v) is 7.96. The van der Waals surface area contributed by atoms with Crippen LogP contribution >= 0.6 is 0 Å². The topological polar surface area (TPSA) is 62.2 Å². The van der Waals surface area contributed by atoms with Gasteiger partial charge in [0.15, 0.2) is 5.58 Å². The molecule has 1 aromatic heterocycles. The number of nitrogens with zero attached hydrogens (tertiary/aromatic N) is 3. The number of aromatic nitrogens is 1. The van der Waals surface area contributed by atoms with Crippen molar-refractivity contribution in [2.24, 2.45) is 4.99 Å². The van der Waals surface area contributed by atoms with Crippen molar-refractivity contribution in [1.29, 1.82) is 5.26 Å². The van der Waals surface area contributed by atoms with E-state index in [-0.39, 0.29) is 5.41 Å². The van der Waals surface area contributed by atoms with E-state index in [1.807, 2.05) is 54.7 Å². The molecule has 0 saturated carbocycles. The average molecular weight is 556 g/mol. The fraction of sp³-hybridized carbons (Fsp3) is 0.103. The van der Waals surface area contributed by atoms with Gasteiger partial charge in [-0.3, -0.25) is 4.99 Å². The van der Waals surface area contributed by atoms with Crippen molar-refractivity contribution in [2.45, 2.75) is 26.2 Å². The van der Waals surface area contributed by atoms with Gasteiger partial charge in [0.2, 0.25) is 5.89 Å². The van der Waals surface area contributed by atoms with E-state index >= 15 is 0 Å². The maximum Gasteiger partial charge on any atom is 0.229 e. The van der Waals surface area contributed by atoms with E-state index in [0.29, 0.717) is 11.5 Å². The van der Waals surface area contributed by atoms with E-state index in [4.69, 9.17) is 14.4 Å². The Bertz CT molecular complexity index is 2230. The first-order valence-electron chi connectivity index (χ1n) is 14.4. The second-order valence-corrected chi connectivity index (χ2v) is 11.8. The van der Waals surface area contributed by atoms with E-state index in [1.54, 1.807) is 0 Å². The van der Waals surface area contributed by atoms with Crippen LogP contribution in [0.1, 0.15) is 37.5 Å². The number of benzene rings is 6. The van der Waals surface area contributed by atoms with Crippen molar-refractivity contribution in [1.82, 2.24) is 4.98 Å². The molecular formula is C39H29N3O. The maximum atomic E-state index is 9.30. The van der Waals surface area contributed by atoms with Gasteiger partial charge in [-0.25, -0.2) is 4.98 Å². The predicted molar refractivity (Wildman–Crippen MR) is 177 cm³/mol. The third-order valence-electron chi connectivity index (χ3n) is 7.96. The Labute approximate surface area is 250 Å². The normalized spacial score (nSPS) is 12.0. The number of oxazole rings is 1. The summed E-state index contributed by atoms with van der Waals surface area (Å²) in [5.41, 5.74) is 7.82. The lowest BCUT2D eigenvalue weighted by molar-refractivity contribution is 0.584. The molecule has 0 bridgehead atoms. The lowest BCUT2D eigenvalue weighted by atomic mass is 9.85. The molecule has 43 heavy (non-hydrogen) atoms. The van der Waals surface area contributed by atoms with Crippen LogP contribution in [0.2, 0.25) is 0 Å². The van der Waals surface area contributed by atoms with Crippen molar-refractivity contribution in [3.05, 3.63) is 132 Å². The summed E-state index contributed by atoms with van der Waals surface area (Å²) in [4.78, 5) is 10.0. The average Bonchev–Trinajstić information content (AvgIpc) is 3.47. The number of rotatable bonds is 4. The molecule has 0 fully saturated rings. The Hall–Kier alpha value is -5.53. The van der Waals surface area contributed by atoms with Gasteiger partial charge in [-0.2, -0.15) is 5.26 Å². The molecule has 4 heteroatoms. The number of aliphatic imine (C=N–C) groups is 1. The SMILES string of the molecule is CC(C)(C)c1cc(-c2ccc(C#N)cc2)c2nc(-c3ccccc3N=Cc3cc4ccccc4c4ccccc34)oc2c1. The van der Waals surface area contributed by atoms with Gasteiger partial charge in [0.05, 0.1) is 22.9 Å². The van der Waals surface area contributed by atoms with Gasteiger partial charge < -0.3 is 4.42 Å². The molecule has 6 aromatic carbocycles. The molecule has 0 aliphatic carbocycles. The number of para-hydroxylation sites is 1. The molecule has 0 aliphatic rings. The predicted octanol–water partition coefficient (Wildman–Crippen LogP) is 10.4. The van der Waals surface area contributed by atoms with E-state index < -0.39 is 0 Å². The van der Waals surface area contributed by atoms with Crippen LogP contribution < -0.4 is 0 Å². The highest BCUT2D eigenvalue weighted by Gasteiger charge is 2.21. The smallest absolute Gasteiger partial charge is 0.229 e. The zero-order valence-corrected chi connectivity index (χ0v) is 24.3. The zero-order valence-electron chi connectivity index (χ0n) is 24.3. The van der Waals surface area contributed by atoms with Crippen molar-refractivity contribution in [3.8, 4) is 28.7 Å². The Balaban J connectivity index is 1.36. The standard InChI is InChI=1S/C39H29N3O/c1-39(2,3)29-21-34(26-18-16-25(23-40)17-19-26)37-36(22-29)43-38(42-37)33-14-8-9-15-35(33)41-24-28-20-27-10-4-5-11-30(27)32-13-7-6-12-31(28)32/h4-22,24H,1-3H3. The van der Waals surface area contributed by atoms with Crippen LogP contribution in [-0.4, -0.2) is 11.2 Å². The summed E-state index contributed by atoms with van der Waals surface area (Å²) >= 11 is 0.